The van der Waals surface area contributed by atoms with E-state index >= 15 is 0 Å². The fraction of sp³-hybridized carbons (Fsp3) is 0.0741. The van der Waals surface area contributed by atoms with E-state index in [4.69, 9.17) is 4.74 Å². The highest BCUT2D eigenvalue weighted by molar-refractivity contribution is 6.00. The Bertz CT molecular complexity index is 2860. The van der Waals surface area contributed by atoms with Gasteiger partial charge < -0.3 is 9.64 Å². The van der Waals surface area contributed by atoms with E-state index in [0.29, 0.717) is 0 Å². The molecule has 2 heteroatoms. The fourth-order valence-corrected chi connectivity index (χ4v) is 9.41. The van der Waals surface area contributed by atoms with E-state index in [0.717, 1.165) is 35.2 Å². The van der Waals surface area contributed by atoms with Gasteiger partial charge in [-0.2, -0.15) is 0 Å². The summed E-state index contributed by atoms with van der Waals surface area (Å²) in [7, 11) is 2.18. The van der Waals surface area contributed by atoms with Crippen LogP contribution < -0.4 is 9.64 Å². The minimum Gasteiger partial charge on any atom is -0.455 e. The van der Waals surface area contributed by atoms with Crippen molar-refractivity contribution in [1.29, 1.82) is 0 Å². The quantitative estimate of drug-likeness (QED) is 0.170. The van der Waals surface area contributed by atoms with Gasteiger partial charge in [-0.05, 0) is 85.5 Å². The van der Waals surface area contributed by atoms with Crippen LogP contribution in [0.4, 0.5) is 5.69 Å². The number of nitrogens with zero attached hydrogens (tertiary/aromatic N) is 1. The van der Waals surface area contributed by atoms with Crippen molar-refractivity contribution in [2.24, 2.45) is 0 Å². The third-order valence-electron chi connectivity index (χ3n) is 12.3. The lowest BCUT2D eigenvalue weighted by Gasteiger charge is -2.40. The molecule has 9 aromatic rings. The standard InChI is InChI=1S/C54H39NO/c1-55(43-28-23-38(24-29-43)37-11-3-2-4-12-37)34-33-36-19-21-39(22-20-36)42-25-30-47-46-17-9-10-18-48(46)54(51(47)35-42)49-31-26-40-13-5-7-15-44(40)52(49)56-53-45-16-8-6-14-41(45)27-32-50(53)54/h2-32,35H,33-34H2,1H3. The van der Waals surface area contributed by atoms with Gasteiger partial charge in [0.2, 0.25) is 0 Å². The first-order valence-electron chi connectivity index (χ1n) is 19.6. The molecule has 1 heterocycles. The van der Waals surface area contributed by atoms with Gasteiger partial charge in [-0.25, -0.2) is 0 Å². The van der Waals surface area contributed by atoms with Gasteiger partial charge in [0.25, 0.3) is 0 Å². The molecule has 9 aromatic carbocycles. The molecule has 0 radical (unpaired) electrons. The summed E-state index contributed by atoms with van der Waals surface area (Å²) < 4.78 is 7.14. The Morgan fingerprint density at radius 2 is 0.964 bits per heavy atom. The highest BCUT2D eigenvalue weighted by Gasteiger charge is 2.51. The number of anilines is 1. The van der Waals surface area contributed by atoms with Crippen LogP contribution in [0.15, 0.2) is 194 Å². The molecule has 2 aliphatic rings. The van der Waals surface area contributed by atoms with E-state index in [1.807, 2.05) is 0 Å². The number of benzene rings is 9. The average Bonchev–Trinajstić information content (AvgIpc) is 3.55. The molecule has 0 unspecified atom stereocenters. The summed E-state index contributed by atoms with van der Waals surface area (Å²) in [5, 5.41) is 4.63. The summed E-state index contributed by atoms with van der Waals surface area (Å²) in [5.41, 5.74) is 14.5. The van der Waals surface area contributed by atoms with Crippen molar-refractivity contribution in [3.05, 3.63) is 222 Å². The Hall–Kier alpha value is -6.90. The predicted molar refractivity (Wildman–Crippen MR) is 233 cm³/mol. The molecule has 0 aromatic heterocycles. The molecule has 0 bridgehead atoms. The van der Waals surface area contributed by atoms with Gasteiger partial charge in [0, 0.05) is 41.2 Å². The SMILES string of the molecule is CN(CCc1ccc(-c2ccc3c(c2)C2(c4ccccc4-3)c3ccc4ccccc4c3Oc3c2ccc2ccccc32)cc1)c1ccc(-c2ccccc2)cc1. The van der Waals surface area contributed by atoms with Crippen LogP contribution in [0.25, 0.3) is 54.9 Å². The molecule has 1 aliphatic heterocycles. The van der Waals surface area contributed by atoms with Crippen molar-refractivity contribution in [2.75, 3.05) is 18.5 Å². The molecule has 1 aliphatic carbocycles. The number of hydrogen-bond donors (Lipinski definition) is 0. The summed E-state index contributed by atoms with van der Waals surface area (Å²) in [6.07, 6.45) is 0.968. The topological polar surface area (TPSA) is 12.5 Å². The van der Waals surface area contributed by atoms with E-state index in [2.05, 4.69) is 206 Å². The van der Waals surface area contributed by atoms with Crippen LogP contribution in [0, 0.1) is 0 Å². The highest BCUT2D eigenvalue weighted by atomic mass is 16.5. The number of ether oxygens (including phenoxy) is 1. The Morgan fingerprint density at radius 3 is 1.66 bits per heavy atom. The van der Waals surface area contributed by atoms with Gasteiger partial charge in [0.05, 0.1) is 5.41 Å². The van der Waals surface area contributed by atoms with Crippen molar-refractivity contribution >= 4 is 27.2 Å². The largest absolute Gasteiger partial charge is 0.455 e. The highest BCUT2D eigenvalue weighted by Crippen LogP contribution is 2.64. The summed E-state index contributed by atoms with van der Waals surface area (Å²) in [5.74, 6) is 1.89. The van der Waals surface area contributed by atoms with Crippen LogP contribution in [0.5, 0.6) is 11.5 Å². The number of fused-ring (bicyclic) bond motifs is 13. The lowest BCUT2D eigenvalue weighted by atomic mass is 9.65. The lowest BCUT2D eigenvalue weighted by Crippen LogP contribution is -2.32. The Morgan fingerprint density at radius 1 is 0.429 bits per heavy atom. The molecule has 0 fully saturated rings. The zero-order valence-corrected chi connectivity index (χ0v) is 31.2. The molecule has 0 atom stereocenters. The Balaban J connectivity index is 0.980. The number of rotatable bonds is 6. The van der Waals surface area contributed by atoms with Gasteiger partial charge in [0.15, 0.2) is 0 Å². The van der Waals surface area contributed by atoms with Crippen LogP contribution in [-0.4, -0.2) is 13.6 Å². The minimum absolute atomic E-state index is 0.553. The maximum absolute atomic E-state index is 7.14. The van der Waals surface area contributed by atoms with Gasteiger partial charge in [-0.3, -0.25) is 0 Å². The van der Waals surface area contributed by atoms with Gasteiger partial charge >= 0.3 is 0 Å². The van der Waals surface area contributed by atoms with Gasteiger partial charge in [0.1, 0.15) is 11.5 Å². The van der Waals surface area contributed by atoms with Crippen molar-refractivity contribution < 1.29 is 4.74 Å². The molecule has 2 nitrogen and oxygen atoms in total. The van der Waals surface area contributed by atoms with Crippen LogP contribution in [0.3, 0.4) is 0 Å². The van der Waals surface area contributed by atoms with E-state index in [9.17, 15) is 0 Å². The summed E-state index contributed by atoms with van der Waals surface area (Å²) >= 11 is 0. The molecule has 0 N–H and O–H groups in total. The van der Waals surface area contributed by atoms with Crippen LogP contribution in [-0.2, 0) is 11.8 Å². The third kappa shape index (κ3) is 4.96. The van der Waals surface area contributed by atoms with E-state index < -0.39 is 5.41 Å². The molecule has 0 saturated carbocycles. The maximum Gasteiger partial charge on any atom is 0.140 e. The first-order valence-corrected chi connectivity index (χ1v) is 19.6. The zero-order valence-electron chi connectivity index (χ0n) is 31.2. The van der Waals surface area contributed by atoms with Crippen molar-refractivity contribution in [1.82, 2.24) is 0 Å². The van der Waals surface area contributed by atoms with Crippen molar-refractivity contribution in [3.63, 3.8) is 0 Å². The first-order chi connectivity index (χ1) is 27.7. The molecular formula is C54H39NO. The molecule has 0 saturated heterocycles. The van der Waals surface area contributed by atoms with Crippen LogP contribution in [0.1, 0.15) is 27.8 Å². The van der Waals surface area contributed by atoms with Crippen LogP contribution in [0.2, 0.25) is 0 Å². The molecule has 1 spiro atoms. The normalized spacial score (nSPS) is 13.2. The molecule has 11 rings (SSSR count). The number of hydrogen-bond acceptors (Lipinski definition) is 2. The lowest BCUT2D eigenvalue weighted by molar-refractivity contribution is 0.447. The monoisotopic (exact) mass is 717 g/mol. The minimum atomic E-state index is -0.553. The third-order valence-corrected chi connectivity index (χ3v) is 12.3. The van der Waals surface area contributed by atoms with Gasteiger partial charge in [-0.15, -0.1) is 0 Å². The second-order valence-electron chi connectivity index (χ2n) is 15.3. The Kier molecular flexibility index (Phi) is 7.47. The molecular weight excluding hydrogens is 679 g/mol. The van der Waals surface area contributed by atoms with Crippen LogP contribution >= 0.6 is 0 Å². The molecule has 266 valence electrons. The summed E-state index contributed by atoms with van der Waals surface area (Å²) in [6.45, 7) is 0.938. The second-order valence-corrected chi connectivity index (χ2v) is 15.3. The zero-order chi connectivity index (χ0) is 37.2. The molecule has 0 amide bonds. The fourth-order valence-electron chi connectivity index (χ4n) is 9.41. The van der Waals surface area contributed by atoms with E-state index in [1.165, 1.54) is 77.7 Å². The maximum atomic E-state index is 7.14. The van der Waals surface area contributed by atoms with Gasteiger partial charge in [-0.1, -0.05) is 176 Å². The van der Waals surface area contributed by atoms with Crippen molar-refractivity contribution in [3.8, 4) is 44.9 Å². The summed E-state index contributed by atoms with van der Waals surface area (Å²) in [6, 6.07) is 71.2. The van der Waals surface area contributed by atoms with E-state index in [1.54, 1.807) is 0 Å². The molecule has 56 heavy (non-hydrogen) atoms. The average molecular weight is 718 g/mol. The second kappa shape index (κ2) is 12.9. The first kappa shape index (κ1) is 32.5. The summed E-state index contributed by atoms with van der Waals surface area (Å²) in [4.78, 5) is 2.34. The number of likely N-dealkylation sites (N-methyl/N-ethyl adjacent to an activating group) is 1. The smallest absolute Gasteiger partial charge is 0.140 e. The predicted octanol–water partition coefficient (Wildman–Crippen LogP) is 13.5. The Labute approximate surface area is 327 Å². The van der Waals surface area contributed by atoms with E-state index in [-0.39, 0.29) is 0 Å². The van der Waals surface area contributed by atoms with Crippen molar-refractivity contribution in [2.45, 2.75) is 11.8 Å².